The first-order valence-corrected chi connectivity index (χ1v) is 6.19. The number of aryl methyl sites for hydroxylation is 2. The standard InChI is InChI=1S/C13H17N3O4/c1-7-4-9(10-8(2)16-20-12(10)15-7)11(18)14-5-13(3,19)6-17/h4,17,19H,5-6H2,1-3H3,(H,14,18). The topological polar surface area (TPSA) is 108 Å². The van der Waals surface area contributed by atoms with Crippen molar-refractivity contribution in [3.8, 4) is 0 Å². The molecule has 7 nitrogen and oxygen atoms in total. The third-order valence-electron chi connectivity index (χ3n) is 2.96. The minimum Gasteiger partial charge on any atom is -0.393 e. The maximum Gasteiger partial charge on any atom is 0.258 e. The van der Waals surface area contributed by atoms with Crippen LogP contribution in [0.4, 0.5) is 0 Å². The molecule has 0 aromatic carbocycles. The fourth-order valence-electron chi connectivity index (χ4n) is 1.82. The van der Waals surface area contributed by atoms with Crippen molar-refractivity contribution in [1.29, 1.82) is 0 Å². The Kier molecular flexibility index (Phi) is 3.74. The van der Waals surface area contributed by atoms with Gasteiger partial charge in [0.15, 0.2) is 0 Å². The highest BCUT2D eigenvalue weighted by atomic mass is 16.5. The van der Waals surface area contributed by atoms with Gasteiger partial charge in [-0.1, -0.05) is 5.16 Å². The summed E-state index contributed by atoms with van der Waals surface area (Å²) >= 11 is 0. The first-order chi connectivity index (χ1) is 9.34. The van der Waals surface area contributed by atoms with Gasteiger partial charge in [-0.25, -0.2) is 4.98 Å². The quantitative estimate of drug-likeness (QED) is 0.743. The largest absolute Gasteiger partial charge is 0.393 e. The van der Waals surface area contributed by atoms with Crippen LogP contribution in [0.15, 0.2) is 10.6 Å². The van der Waals surface area contributed by atoms with E-state index in [1.807, 2.05) is 0 Å². The number of aliphatic hydroxyl groups is 2. The molecule has 1 unspecified atom stereocenters. The van der Waals surface area contributed by atoms with Crippen LogP contribution in [0.5, 0.6) is 0 Å². The van der Waals surface area contributed by atoms with E-state index in [-0.39, 0.29) is 12.5 Å². The van der Waals surface area contributed by atoms with Crippen molar-refractivity contribution in [2.45, 2.75) is 26.4 Å². The van der Waals surface area contributed by atoms with Crippen LogP contribution in [0.3, 0.4) is 0 Å². The zero-order valence-electron chi connectivity index (χ0n) is 11.6. The van der Waals surface area contributed by atoms with E-state index >= 15 is 0 Å². The van der Waals surface area contributed by atoms with Gasteiger partial charge in [-0.05, 0) is 26.8 Å². The third kappa shape index (κ3) is 2.78. The summed E-state index contributed by atoms with van der Waals surface area (Å²) in [5.41, 5.74) is 0.543. The molecule has 2 rings (SSSR count). The van der Waals surface area contributed by atoms with Gasteiger partial charge in [0.25, 0.3) is 11.6 Å². The number of fused-ring (bicyclic) bond motifs is 1. The van der Waals surface area contributed by atoms with Crippen molar-refractivity contribution >= 4 is 17.0 Å². The van der Waals surface area contributed by atoms with Crippen LogP contribution in [0.25, 0.3) is 11.1 Å². The lowest BCUT2D eigenvalue weighted by Crippen LogP contribution is -2.43. The lowest BCUT2D eigenvalue weighted by Gasteiger charge is -2.20. The molecule has 3 N–H and O–H groups in total. The van der Waals surface area contributed by atoms with Gasteiger partial charge in [-0.2, -0.15) is 0 Å². The van der Waals surface area contributed by atoms with Crippen LogP contribution in [-0.2, 0) is 0 Å². The predicted octanol–water partition coefficient (Wildman–Crippen LogP) is 0.313. The second kappa shape index (κ2) is 5.18. The van der Waals surface area contributed by atoms with Crippen molar-refractivity contribution in [2.24, 2.45) is 0 Å². The molecule has 20 heavy (non-hydrogen) atoms. The summed E-state index contributed by atoms with van der Waals surface area (Å²) in [6.45, 7) is 4.41. The van der Waals surface area contributed by atoms with E-state index in [0.29, 0.717) is 28.1 Å². The molecular formula is C13H17N3O4. The number of nitrogens with zero attached hydrogens (tertiary/aromatic N) is 2. The number of rotatable bonds is 4. The number of nitrogens with one attached hydrogen (secondary N) is 1. The van der Waals surface area contributed by atoms with Gasteiger partial charge in [0.2, 0.25) is 0 Å². The van der Waals surface area contributed by atoms with Crippen LogP contribution in [0, 0.1) is 13.8 Å². The Bertz CT molecular complexity index is 648. The minimum absolute atomic E-state index is 0.0600. The fourth-order valence-corrected chi connectivity index (χ4v) is 1.82. The summed E-state index contributed by atoms with van der Waals surface area (Å²) in [6, 6.07) is 1.63. The molecule has 7 heteroatoms. The second-order valence-corrected chi connectivity index (χ2v) is 5.10. The molecule has 2 aromatic rings. The predicted molar refractivity (Wildman–Crippen MR) is 71.3 cm³/mol. The van der Waals surface area contributed by atoms with E-state index < -0.39 is 12.2 Å². The molecule has 2 aromatic heterocycles. The summed E-state index contributed by atoms with van der Waals surface area (Å²) < 4.78 is 5.06. The van der Waals surface area contributed by atoms with Gasteiger partial charge in [0.05, 0.1) is 23.3 Å². The highest BCUT2D eigenvalue weighted by Crippen LogP contribution is 2.21. The number of hydrogen-bond donors (Lipinski definition) is 3. The Morgan fingerprint density at radius 1 is 1.50 bits per heavy atom. The van der Waals surface area contributed by atoms with Crippen LogP contribution in [0.2, 0.25) is 0 Å². The SMILES string of the molecule is Cc1cc(C(=O)NCC(C)(O)CO)c2c(C)noc2n1. The van der Waals surface area contributed by atoms with Crippen LogP contribution >= 0.6 is 0 Å². The normalized spacial score (nSPS) is 14.2. The number of pyridine rings is 1. The van der Waals surface area contributed by atoms with E-state index in [9.17, 15) is 9.90 Å². The number of carbonyl (C=O) groups excluding carboxylic acids is 1. The molecule has 0 aliphatic carbocycles. The van der Waals surface area contributed by atoms with E-state index in [2.05, 4.69) is 15.5 Å². The summed E-state index contributed by atoms with van der Waals surface area (Å²) in [5.74, 6) is -0.375. The summed E-state index contributed by atoms with van der Waals surface area (Å²) in [7, 11) is 0. The molecule has 1 amide bonds. The Morgan fingerprint density at radius 2 is 2.20 bits per heavy atom. The third-order valence-corrected chi connectivity index (χ3v) is 2.96. The zero-order chi connectivity index (χ0) is 14.9. The van der Waals surface area contributed by atoms with Gasteiger partial charge in [-0.15, -0.1) is 0 Å². The molecule has 108 valence electrons. The molecule has 0 radical (unpaired) electrons. The maximum absolute atomic E-state index is 12.2. The zero-order valence-corrected chi connectivity index (χ0v) is 11.6. The van der Waals surface area contributed by atoms with E-state index in [4.69, 9.17) is 9.63 Å². The first-order valence-electron chi connectivity index (χ1n) is 6.19. The molecule has 0 fully saturated rings. The Hall–Kier alpha value is -1.99. The Morgan fingerprint density at radius 3 is 2.85 bits per heavy atom. The smallest absolute Gasteiger partial charge is 0.258 e. The number of amides is 1. The van der Waals surface area contributed by atoms with E-state index in [1.54, 1.807) is 19.9 Å². The molecular weight excluding hydrogens is 262 g/mol. The van der Waals surface area contributed by atoms with Crippen molar-refractivity contribution in [2.75, 3.05) is 13.2 Å². The molecule has 0 saturated carbocycles. The van der Waals surface area contributed by atoms with Crippen LogP contribution in [-0.4, -0.2) is 45.0 Å². The van der Waals surface area contributed by atoms with E-state index in [0.717, 1.165) is 0 Å². The van der Waals surface area contributed by atoms with Crippen molar-refractivity contribution in [1.82, 2.24) is 15.5 Å². The fraction of sp³-hybridized carbons (Fsp3) is 0.462. The summed E-state index contributed by atoms with van der Waals surface area (Å²) in [6.07, 6.45) is 0. The Labute approximate surface area is 115 Å². The molecule has 1 atom stereocenters. The number of hydrogen-bond acceptors (Lipinski definition) is 6. The first kappa shape index (κ1) is 14.4. The second-order valence-electron chi connectivity index (χ2n) is 5.10. The van der Waals surface area contributed by atoms with Crippen molar-refractivity contribution in [3.05, 3.63) is 23.0 Å². The number of carbonyl (C=O) groups is 1. The van der Waals surface area contributed by atoms with Gasteiger partial charge in [0, 0.05) is 12.2 Å². The van der Waals surface area contributed by atoms with Gasteiger partial charge < -0.3 is 20.1 Å². The molecule has 0 aliphatic rings. The van der Waals surface area contributed by atoms with Gasteiger partial charge in [-0.3, -0.25) is 4.79 Å². The van der Waals surface area contributed by atoms with Gasteiger partial charge in [0.1, 0.15) is 5.60 Å². The maximum atomic E-state index is 12.2. The van der Waals surface area contributed by atoms with Gasteiger partial charge >= 0.3 is 0 Å². The molecule has 0 aliphatic heterocycles. The molecule has 2 heterocycles. The van der Waals surface area contributed by atoms with Crippen molar-refractivity contribution in [3.63, 3.8) is 0 Å². The average Bonchev–Trinajstić information content (AvgIpc) is 2.76. The molecule has 0 saturated heterocycles. The van der Waals surface area contributed by atoms with E-state index in [1.165, 1.54) is 6.92 Å². The highest BCUT2D eigenvalue weighted by molar-refractivity contribution is 6.06. The lowest BCUT2D eigenvalue weighted by atomic mass is 10.1. The molecule has 0 bridgehead atoms. The lowest BCUT2D eigenvalue weighted by molar-refractivity contribution is 0.00321. The minimum atomic E-state index is -1.36. The average molecular weight is 279 g/mol. The molecule has 0 spiro atoms. The monoisotopic (exact) mass is 279 g/mol. The Balaban J connectivity index is 2.32. The summed E-state index contributed by atoms with van der Waals surface area (Å²) in [5, 5.41) is 25.6. The number of aromatic nitrogens is 2. The highest BCUT2D eigenvalue weighted by Gasteiger charge is 2.22. The number of aliphatic hydroxyl groups excluding tert-OH is 1. The summed E-state index contributed by atoms with van der Waals surface area (Å²) in [4.78, 5) is 16.4. The van der Waals surface area contributed by atoms with Crippen LogP contribution in [0.1, 0.15) is 28.7 Å². The van der Waals surface area contributed by atoms with Crippen LogP contribution < -0.4 is 5.32 Å². The van der Waals surface area contributed by atoms with Crippen molar-refractivity contribution < 1.29 is 19.5 Å².